The van der Waals surface area contributed by atoms with Crippen LogP contribution in [-0.4, -0.2) is 30.7 Å². The Balaban J connectivity index is 2.33. The summed E-state index contributed by atoms with van der Waals surface area (Å²) in [6.45, 7) is 3.10. The SMILES string of the molecule is CC(N)CNc1cc2c(cc1[N+](=O)[O-])OCCO2. The van der Waals surface area contributed by atoms with Crippen molar-refractivity contribution >= 4 is 11.4 Å². The normalized spacial score (nSPS) is 15.0. The van der Waals surface area contributed by atoms with Gasteiger partial charge in [0.15, 0.2) is 11.5 Å². The molecule has 0 amide bonds. The number of nitrogens with one attached hydrogen (secondary N) is 1. The molecule has 1 aliphatic heterocycles. The number of anilines is 1. The Morgan fingerprint density at radius 1 is 1.44 bits per heavy atom. The van der Waals surface area contributed by atoms with Crippen LogP contribution in [0, 0.1) is 10.1 Å². The van der Waals surface area contributed by atoms with Crippen LogP contribution in [0.5, 0.6) is 11.5 Å². The number of ether oxygens (including phenoxy) is 2. The molecule has 7 nitrogen and oxygen atoms in total. The van der Waals surface area contributed by atoms with Crippen molar-refractivity contribution in [1.82, 2.24) is 0 Å². The summed E-state index contributed by atoms with van der Waals surface area (Å²) < 4.78 is 10.7. The molecule has 1 aliphatic rings. The third-order valence-corrected chi connectivity index (χ3v) is 2.47. The summed E-state index contributed by atoms with van der Waals surface area (Å²) in [6.07, 6.45) is 0. The molecule has 0 bridgehead atoms. The van der Waals surface area contributed by atoms with E-state index in [0.717, 1.165) is 0 Å². The minimum absolute atomic E-state index is 0.0418. The van der Waals surface area contributed by atoms with Crippen molar-refractivity contribution in [2.75, 3.05) is 25.1 Å². The third-order valence-electron chi connectivity index (χ3n) is 2.47. The number of hydrogen-bond donors (Lipinski definition) is 2. The molecule has 1 heterocycles. The van der Waals surface area contributed by atoms with E-state index in [9.17, 15) is 10.1 Å². The van der Waals surface area contributed by atoms with E-state index in [4.69, 9.17) is 15.2 Å². The minimum atomic E-state index is -0.457. The summed E-state index contributed by atoms with van der Waals surface area (Å²) in [5.41, 5.74) is 5.96. The first-order valence-electron chi connectivity index (χ1n) is 5.65. The maximum Gasteiger partial charge on any atom is 0.296 e. The first-order chi connectivity index (χ1) is 8.58. The van der Waals surface area contributed by atoms with E-state index in [0.29, 0.717) is 36.9 Å². The van der Waals surface area contributed by atoms with E-state index in [1.54, 1.807) is 6.07 Å². The lowest BCUT2D eigenvalue weighted by Gasteiger charge is -2.19. The van der Waals surface area contributed by atoms with E-state index in [-0.39, 0.29) is 11.7 Å². The van der Waals surface area contributed by atoms with Crippen LogP contribution in [0.3, 0.4) is 0 Å². The smallest absolute Gasteiger partial charge is 0.296 e. The number of fused-ring (bicyclic) bond motifs is 1. The molecule has 3 N–H and O–H groups in total. The molecular weight excluding hydrogens is 238 g/mol. The number of nitrogens with zero attached hydrogens (tertiary/aromatic N) is 1. The van der Waals surface area contributed by atoms with Gasteiger partial charge in [-0.2, -0.15) is 0 Å². The predicted octanol–water partition coefficient (Wildman–Crippen LogP) is 1.13. The van der Waals surface area contributed by atoms with Gasteiger partial charge in [0.2, 0.25) is 0 Å². The van der Waals surface area contributed by atoms with Crippen LogP contribution in [-0.2, 0) is 0 Å². The molecule has 1 aromatic carbocycles. The highest BCUT2D eigenvalue weighted by Gasteiger charge is 2.22. The van der Waals surface area contributed by atoms with Crippen molar-refractivity contribution in [1.29, 1.82) is 0 Å². The van der Waals surface area contributed by atoms with Gasteiger partial charge < -0.3 is 20.5 Å². The third kappa shape index (κ3) is 2.62. The number of benzene rings is 1. The first kappa shape index (κ1) is 12.4. The summed E-state index contributed by atoms with van der Waals surface area (Å²) in [5, 5.41) is 13.9. The summed E-state index contributed by atoms with van der Waals surface area (Å²) in [4.78, 5) is 10.5. The van der Waals surface area contributed by atoms with Crippen molar-refractivity contribution < 1.29 is 14.4 Å². The lowest BCUT2D eigenvalue weighted by atomic mass is 10.2. The van der Waals surface area contributed by atoms with Crippen molar-refractivity contribution in [2.24, 2.45) is 5.73 Å². The Morgan fingerprint density at radius 3 is 2.61 bits per heavy atom. The molecule has 0 fully saturated rings. The topological polar surface area (TPSA) is 99.7 Å². The molecule has 0 radical (unpaired) electrons. The van der Waals surface area contributed by atoms with Gasteiger partial charge in [-0.1, -0.05) is 0 Å². The Bertz CT molecular complexity index is 462. The second-order valence-corrected chi connectivity index (χ2v) is 4.13. The van der Waals surface area contributed by atoms with Gasteiger partial charge >= 0.3 is 0 Å². The Labute approximate surface area is 104 Å². The van der Waals surface area contributed by atoms with Crippen molar-refractivity contribution in [3.8, 4) is 11.5 Å². The zero-order valence-electron chi connectivity index (χ0n) is 10.0. The molecule has 2 rings (SSSR count). The van der Waals surface area contributed by atoms with Crippen LogP contribution in [0.15, 0.2) is 12.1 Å². The Kier molecular flexibility index (Phi) is 3.52. The molecule has 1 unspecified atom stereocenters. The average Bonchev–Trinajstić information content (AvgIpc) is 2.35. The molecule has 98 valence electrons. The zero-order chi connectivity index (χ0) is 13.1. The number of nitro benzene ring substituents is 1. The number of nitrogens with two attached hydrogens (primary N) is 1. The fourth-order valence-electron chi connectivity index (χ4n) is 1.64. The first-order valence-corrected chi connectivity index (χ1v) is 5.65. The van der Waals surface area contributed by atoms with E-state index in [1.165, 1.54) is 6.07 Å². The molecule has 18 heavy (non-hydrogen) atoms. The van der Waals surface area contributed by atoms with Gasteiger partial charge in [-0.05, 0) is 6.92 Å². The molecule has 0 spiro atoms. The van der Waals surface area contributed by atoms with E-state index < -0.39 is 4.92 Å². The lowest BCUT2D eigenvalue weighted by Crippen LogP contribution is -2.25. The summed E-state index contributed by atoms with van der Waals surface area (Å²) in [5.74, 6) is 0.915. The molecular formula is C11H15N3O4. The summed E-state index contributed by atoms with van der Waals surface area (Å²) in [6, 6.07) is 2.85. The maximum absolute atomic E-state index is 11.0. The zero-order valence-corrected chi connectivity index (χ0v) is 10.0. The van der Waals surface area contributed by atoms with Crippen molar-refractivity contribution in [2.45, 2.75) is 13.0 Å². The fourth-order valence-corrected chi connectivity index (χ4v) is 1.64. The molecule has 0 saturated carbocycles. The largest absolute Gasteiger partial charge is 0.486 e. The number of nitro groups is 1. The van der Waals surface area contributed by atoms with Gasteiger partial charge in [-0.25, -0.2) is 0 Å². The summed E-state index contributed by atoms with van der Waals surface area (Å²) >= 11 is 0. The predicted molar refractivity (Wildman–Crippen MR) is 66.2 cm³/mol. The number of rotatable bonds is 4. The van der Waals surface area contributed by atoms with Crippen LogP contribution in [0.25, 0.3) is 0 Å². The molecule has 0 aliphatic carbocycles. The minimum Gasteiger partial charge on any atom is -0.486 e. The Morgan fingerprint density at radius 2 is 2.06 bits per heavy atom. The van der Waals surface area contributed by atoms with Crippen LogP contribution >= 0.6 is 0 Å². The van der Waals surface area contributed by atoms with E-state index in [1.807, 2.05) is 6.92 Å². The van der Waals surface area contributed by atoms with Gasteiger partial charge in [0, 0.05) is 18.7 Å². The number of hydrogen-bond acceptors (Lipinski definition) is 6. The highest BCUT2D eigenvalue weighted by atomic mass is 16.6. The van der Waals surface area contributed by atoms with Crippen molar-refractivity contribution in [3.63, 3.8) is 0 Å². The molecule has 0 aromatic heterocycles. The standard InChI is InChI=1S/C11H15N3O4/c1-7(12)6-13-8-4-10-11(18-3-2-17-10)5-9(8)14(15)16/h4-5,7,13H,2-3,6,12H2,1H3. The van der Waals surface area contributed by atoms with Crippen LogP contribution in [0.4, 0.5) is 11.4 Å². The van der Waals surface area contributed by atoms with Crippen LogP contribution in [0.2, 0.25) is 0 Å². The fraction of sp³-hybridized carbons (Fsp3) is 0.455. The van der Waals surface area contributed by atoms with Gasteiger partial charge in [0.05, 0.1) is 11.0 Å². The molecule has 0 saturated heterocycles. The van der Waals surface area contributed by atoms with Gasteiger partial charge in [0.25, 0.3) is 5.69 Å². The van der Waals surface area contributed by atoms with E-state index >= 15 is 0 Å². The Hall–Kier alpha value is -2.02. The maximum atomic E-state index is 11.0. The highest BCUT2D eigenvalue weighted by Crippen LogP contribution is 2.39. The van der Waals surface area contributed by atoms with Gasteiger partial charge in [0.1, 0.15) is 18.9 Å². The highest BCUT2D eigenvalue weighted by molar-refractivity contribution is 5.68. The van der Waals surface area contributed by atoms with E-state index in [2.05, 4.69) is 5.32 Å². The van der Waals surface area contributed by atoms with Crippen LogP contribution < -0.4 is 20.5 Å². The average molecular weight is 253 g/mol. The second kappa shape index (κ2) is 5.09. The van der Waals surface area contributed by atoms with Crippen molar-refractivity contribution in [3.05, 3.63) is 22.2 Å². The summed E-state index contributed by atoms with van der Waals surface area (Å²) in [7, 11) is 0. The molecule has 1 aromatic rings. The van der Waals surface area contributed by atoms with Gasteiger partial charge in [-0.3, -0.25) is 10.1 Å². The molecule has 1 atom stereocenters. The lowest BCUT2D eigenvalue weighted by molar-refractivity contribution is -0.384. The van der Waals surface area contributed by atoms with Crippen LogP contribution in [0.1, 0.15) is 6.92 Å². The monoisotopic (exact) mass is 253 g/mol. The second-order valence-electron chi connectivity index (χ2n) is 4.13. The quantitative estimate of drug-likeness (QED) is 0.616. The molecule has 7 heteroatoms. The van der Waals surface area contributed by atoms with Gasteiger partial charge in [-0.15, -0.1) is 0 Å².